The van der Waals surface area contributed by atoms with Gasteiger partial charge < -0.3 is 4.74 Å². The summed E-state index contributed by atoms with van der Waals surface area (Å²) < 4.78 is 5.52. The standard InChI is InChI=1S/C13H9ClN2O/c14-11-5-6-16-12(7-11)9-17-13-3-1-10(8-15)2-4-13/h1-7H,9H2. The molecule has 2 aromatic rings. The Kier molecular flexibility index (Phi) is 3.59. The molecule has 0 unspecified atom stereocenters. The van der Waals surface area contributed by atoms with E-state index in [4.69, 9.17) is 21.6 Å². The van der Waals surface area contributed by atoms with E-state index in [1.165, 1.54) is 0 Å². The monoisotopic (exact) mass is 244 g/mol. The highest BCUT2D eigenvalue weighted by Crippen LogP contribution is 2.14. The summed E-state index contributed by atoms with van der Waals surface area (Å²) in [7, 11) is 0. The molecule has 17 heavy (non-hydrogen) atoms. The summed E-state index contributed by atoms with van der Waals surface area (Å²) in [6, 6.07) is 12.4. The van der Waals surface area contributed by atoms with Crippen LogP contribution in [-0.4, -0.2) is 4.98 Å². The van der Waals surface area contributed by atoms with Crippen LogP contribution in [0.3, 0.4) is 0 Å². The maximum atomic E-state index is 8.65. The van der Waals surface area contributed by atoms with Gasteiger partial charge in [-0.15, -0.1) is 0 Å². The maximum Gasteiger partial charge on any atom is 0.130 e. The minimum absolute atomic E-state index is 0.354. The minimum Gasteiger partial charge on any atom is -0.487 e. The number of halogens is 1. The van der Waals surface area contributed by atoms with Gasteiger partial charge in [-0.25, -0.2) is 0 Å². The van der Waals surface area contributed by atoms with E-state index in [9.17, 15) is 0 Å². The van der Waals surface area contributed by atoms with E-state index < -0.39 is 0 Å². The van der Waals surface area contributed by atoms with E-state index in [-0.39, 0.29) is 0 Å². The highest BCUT2D eigenvalue weighted by atomic mass is 35.5. The zero-order valence-electron chi connectivity index (χ0n) is 8.93. The minimum atomic E-state index is 0.354. The van der Waals surface area contributed by atoms with Crippen molar-refractivity contribution in [1.82, 2.24) is 4.98 Å². The largest absolute Gasteiger partial charge is 0.487 e. The van der Waals surface area contributed by atoms with Crippen molar-refractivity contribution < 1.29 is 4.74 Å². The average molecular weight is 245 g/mol. The molecule has 0 aliphatic rings. The molecule has 0 saturated carbocycles. The van der Waals surface area contributed by atoms with Crippen LogP contribution in [0.15, 0.2) is 42.6 Å². The van der Waals surface area contributed by atoms with Crippen LogP contribution in [0, 0.1) is 11.3 Å². The summed E-state index contributed by atoms with van der Waals surface area (Å²) in [5, 5.41) is 9.29. The molecule has 0 saturated heterocycles. The molecule has 0 amide bonds. The molecule has 0 N–H and O–H groups in total. The van der Waals surface area contributed by atoms with Gasteiger partial charge in [0.1, 0.15) is 12.4 Å². The van der Waals surface area contributed by atoms with Crippen molar-refractivity contribution in [3.05, 3.63) is 58.9 Å². The fourth-order valence-electron chi connectivity index (χ4n) is 1.31. The van der Waals surface area contributed by atoms with Crippen molar-refractivity contribution >= 4 is 11.6 Å². The molecule has 3 nitrogen and oxygen atoms in total. The van der Waals surface area contributed by atoms with Crippen molar-refractivity contribution in [2.75, 3.05) is 0 Å². The molecule has 1 aromatic heterocycles. The number of pyridine rings is 1. The van der Waals surface area contributed by atoms with Gasteiger partial charge in [-0.05, 0) is 36.4 Å². The van der Waals surface area contributed by atoms with E-state index in [2.05, 4.69) is 11.1 Å². The Hall–Kier alpha value is -2.05. The average Bonchev–Trinajstić information content (AvgIpc) is 2.37. The summed E-state index contributed by atoms with van der Waals surface area (Å²) in [5.74, 6) is 0.700. The topological polar surface area (TPSA) is 45.9 Å². The van der Waals surface area contributed by atoms with E-state index in [0.717, 1.165) is 5.69 Å². The molecule has 2 rings (SSSR count). The quantitative estimate of drug-likeness (QED) is 0.833. The third-order valence-corrected chi connectivity index (χ3v) is 2.38. The Bertz CT molecular complexity index is 546. The second-order valence-electron chi connectivity index (χ2n) is 3.39. The fraction of sp³-hybridized carbons (Fsp3) is 0.0769. The van der Waals surface area contributed by atoms with Crippen LogP contribution in [0.5, 0.6) is 5.75 Å². The Morgan fingerprint density at radius 3 is 2.65 bits per heavy atom. The number of aromatic nitrogens is 1. The Morgan fingerprint density at radius 1 is 1.24 bits per heavy atom. The van der Waals surface area contributed by atoms with Crippen LogP contribution in [0.2, 0.25) is 5.02 Å². The first-order valence-corrected chi connectivity index (χ1v) is 5.39. The zero-order chi connectivity index (χ0) is 12.1. The van der Waals surface area contributed by atoms with Gasteiger partial charge in [0.15, 0.2) is 0 Å². The van der Waals surface area contributed by atoms with E-state index in [1.54, 1.807) is 42.6 Å². The molecule has 0 aliphatic carbocycles. The Morgan fingerprint density at radius 2 is 2.00 bits per heavy atom. The van der Waals surface area contributed by atoms with Gasteiger partial charge in [-0.1, -0.05) is 11.6 Å². The summed E-state index contributed by atoms with van der Waals surface area (Å²) in [5.41, 5.74) is 1.38. The summed E-state index contributed by atoms with van der Waals surface area (Å²) in [6.07, 6.45) is 1.64. The second kappa shape index (κ2) is 5.33. The third kappa shape index (κ3) is 3.20. The highest BCUT2D eigenvalue weighted by Gasteiger charge is 1.98. The van der Waals surface area contributed by atoms with Gasteiger partial charge in [-0.2, -0.15) is 5.26 Å². The van der Waals surface area contributed by atoms with Crippen LogP contribution in [0.1, 0.15) is 11.3 Å². The first-order chi connectivity index (χ1) is 8.28. The predicted molar refractivity (Wildman–Crippen MR) is 64.7 cm³/mol. The van der Waals surface area contributed by atoms with Crippen molar-refractivity contribution in [3.8, 4) is 11.8 Å². The molecule has 0 aliphatic heterocycles. The molecular formula is C13H9ClN2O. The molecular weight excluding hydrogens is 236 g/mol. The lowest BCUT2D eigenvalue weighted by Gasteiger charge is -2.05. The Labute approximate surface area is 104 Å². The summed E-state index contributed by atoms with van der Waals surface area (Å²) in [6.45, 7) is 0.354. The number of nitrogens with zero attached hydrogens (tertiary/aromatic N) is 2. The van der Waals surface area contributed by atoms with Crippen molar-refractivity contribution in [3.63, 3.8) is 0 Å². The lowest BCUT2D eigenvalue weighted by Crippen LogP contribution is -1.97. The van der Waals surface area contributed by atoms with Gasteiger partial charge in [0.05, 0.1) is 17.3 Å². The van der Waals surface area contributed by atoms with Gasteiger partial charge in [0.2, 0.25) is 0 Å². The number of rotatable bonds is 3. The van der Waals surface area contributed by atoms with Crippen LogP contribution < -0.4 is 4.74 Å². The van der Waals surface area contributed by atoms with Gasteiger partial charge in [0, 0.05) is 11.2 Å². The van der Waals surface area contributed by atoms with E-state index in [1.807, 2.05) is 0 Å². The number of hydrogen-bond donors (Lipinski definition) is 0. The normalized spacial score (nSPS) is 9.65. The van der Waals surface area contributed by atoms with Crippen LogP contribution in [0.4, 0.5) is 0 Å². The zero-order valence-corrected chi connectivity index (χ0v) is 9.69. The number of hydrogen-bond acceptors (Lipinski definition) is 3. The smallest absolute Gasteiger partial charge is 0.130 e. The molecule has 1 heterocycles. The van der Waals surface area contributed by atoms with Crippen molar-refractivity contribution in [2.45, 2.75) is 6.61 Å². The SMILES string of the molecule is N#Cc1ccc(OCc2cc(Cl)ccn2)cc1. The second-order valence-corrected chi connectivity index (χ2v) is 3.83. The number of benzene rings is 1. The van der Waals surface area contributed by atoms with E-state index in [0.29, 0.717) is 22.9 Å². The first kappa shape index (κ1) is 11.4. The molecule has 0 spiro atoms. The molecule has 0 atom stereocenters. The molecule has 84 valence electrons. The molecule has 0 fully saturated rings. The van der Waals surface area contributed by atoms with E-state index >= 15 is 0 Å². The maximum absolute atomic E-state index is 8.65. The fourth-order valence-corrected chi connectivity index (χ4v) is 1.49. The van der Waals surface area contributed by atoms with Crippen molar-refractivity contribution in [1.29, 1.82) is 5.26 Å². The van der Waals surface area contributed by atoms with Gasteiger partial charge in [-0.3, -0.25) is 4.98 Å². The molecule has 1 aromatic carbocycles. The highest BCUT2D eigenvalue weighted by molar-refractivity contribution is 6.30. The Balaban J connectivity index is 2.00. The lowest BCUT2D eigenvalue weighted by atomic mass is 10.2. The number of ether oxygens (including phenoxy) is 1. The summed E-state index contributed by atoms with van der Waals surface area (Å²) >= 11 is 5.83. The number of nitriles is 1. The predicted octanol–water partition coefficient (Wildman–Crippen LogP) is 3.19. The molecule has 0 bridgehead atoms. The van der Waals surface area contributed by atoms with Crippen molar-refractivity contribution in [2.24, 2.45) is 0 Å². The first-order valence-electron chi connectivity index (χ1n) is 5.01. The van der Waals surface area contributed by atoms with Gasteiger partial charge >= 0.3 is 0 Å². The van der Waals surface area contributed by atoms with Gasteiger partial charge in [0.25, 0.3) is 0 Å². The third-order valence-electron chi connectivity index (χ3n) is 2.15. The molecule has 4 heteroatoms. The van der Waals surface area contributed by atoms with Crippen LogP contribution in [-0.2, 0) is 6.61 Å². The van der Waals surface area contributed by atoms with Crippen LogP contribution >= 0.6 is 11.6 Å². The lowest BCUT2D eigenvalue weighted by molar-refractivity contribution is 0.301. The summed E-state index contributed by atoms with van der Waals surface area (Å²) in [4.78, 5) is 4.13. The van der Waals surface area contributed by atoms with Crippen LogP contribution in [0.25, 0.3) is 0 Å². The molecule has 0 radical (unpaired) electrons.